The molecule has 5 nitrogen and oxygen atoms in total. The molecule has 2 unspecified atom stereocenters. The van der Waals surface area contributed by atoms with Gasteiger partial charge in [-0.3, -0.25) is 0 Å². The average Bonchev–Trinajstić information content (AvgIpc) is 2.78. The smallest absolute Gasteiger partial charge is 0.379 e. The van der Waals surface area contributed by atoms with Gasteiger partial charge in [-0.15, -0.1) is 0 Å². The fourth-order valence-corrected chi connectivity index (χ4v) is 2.22. The minimum atomic E-state index is -3.78. The van der Waals surface area contributed by atoms with Crippen molar-refractivity contribution in [3.8, 4) is 0 Å². The number of carbonyl (C=O) groups is 1. The van der Waals surface area contributed by atoms with E-state index in [1.165, 1.54) is 6.92 Å². The van der Waals surface area contributed by atoms with Gasteiger partial charge in [0.2, 0.25) is 0 Å². The van der Waals surface area contributed by atoms with Crippen molar-refractivity contribution < 1.29 is 32.5 Å². The number of carbonyl (C=O) groups excluding carboxylic acids is 1. The monoisotopic (exact) mass is 324 g/mol. The van der Waals surface area contributed by atoms with E-state index in [0.717, 1.165) is 12.8 Å². The van der Waals surface area contributed by atoms with Gasteiger partial charge in [-0.2, -0.15) is 8.78 Å². The second kappa shape index (κ2) is 8.17. The van der Waals surface area contributed by atoms with Crippen molar-refractivity contribution in [1.82, 2.24) is 0 Å². The largest absolute Gasteiger partial charge is 0.461 e. The highest BCUT2D eigenvalue weighted by Gasteiger charge is 2.56. The lowest BCUT2D eigenvalue weighted by Crippen LogP contribution is -2.52. The molecule has 0 aromatic carbocycles. The Morgan fingerprint density at radius 2 is 2.05 bits per heavy atom. The molecular weight excluding hydrogens is 298 g/mol. The van der Waals surface area contributed by atoms with Gasteiger partial charge >= 0.3 is 11.9 Å². The van der Waals surface area contributed by atoms with Crippen molar-refractivity contribution in [2.24, 2.45) is 0 Å². The molecule has 1 aliphatic rings. The molecule has 1 saturated heterocycles. The van der Waals surface area contributed by atoms with Crippen LogP contribution in [0.15, 0.2) is 0 Å². The van der Waals surface area contributed by atoms with Gasteiger partial charge in [-0.25, -0.2) is 4.79 Å². The van der Waals surface area contributed by atoms with Crippen LogP contribution < -0.4 is 0 Å². The molecule has 0 bridgehead atoms. The Bertz CT molecular complexity index is 360. The molecule has 0 saturated carbocycles. The molecule has 0 radical (unpaired) electrons. The summed E-state index contributed by atoms with van der Waals surface area (Å²) in [7, 11) is 0. The molecule has 0 aromatic heterocycles. The van der Waals surface area contributed by atoms with Crippen LogP contribution in [0.25, 0.3) is 0 Å². The topological polar surface area (TPSA) is 54.0 Å². The Morgan fingerprint density at radius 3 is 2.55 bits per heavy atom. The first-order valence-corrected chi connectivity index (χ1v) is 7.73. The number of hydrogen-bond acceptors (Lipinski definition) is 5. The predicted octanol–water partition coefficient (Wildman–Crippen LogP) is 2.91. The van der Waals surface area contributed by atoms with Crippen LogP contribution in [0, 0.1) is 0 Å². The first-order chi connectivity index (χ1) is 10.2. The quantitative estimate of drug-likeness (QED) is 0.482. The molecular formula is C15H26F2O5. The van der Waals surface area contributed by atoms with Crippen LogP contribution in [-0.2, 0) is 23.7 Å². The van der Waals surface area contributed by atoms with Gasteiger partial charge in [0.15, 0.2) is 11.9 Å². The molecule has 0 spiro atoms. The number of ether oxygens (including phenoxy) is 4. The molecule has 1 rings (SSSR count). The zero-order chi connectivity index (χ0) is 16.8. The summed E-state index contributed by atoms with van der Waals surface area (Å²) in [6, 6.07) is 0. The fraction of sp³-hybridized carbons (Fsp3) is 0.933. The maximum absolute atomic E-state index is 14.3. The zero-order valence-electron chi connectivity index (χ0n) is 13.7. The molecule has 0 aliphatic carbocycles. The van der Waals surface area contributed by atoms with E-state index >= 15 is 0 Å². The van der Waals surface area contributed by atoms with E-state index in [4.69, 9.17) is 14.2 Å². The summed E-state index contributed by atoms with van der Waals surface area (Å²) < 4.78 is 49.2. The van der Waals surface area contributed by atoms with Gasteiger partial charge in [0.25, 0.3) is 0 Å². The molecule has 2 atom stereocenters. The van der Waals surface area contributed by atoms with Gasteiger partial charge in [0.05, 0.1) is 13.2 Å². The van der Waals surface area contributed by atoms with Crippen LogP contribution >= 0.6 is 0 Å². The van der Waals surface area contributed by atoms with Crippen molar-refractivity contribution in [1.29, 1.82) is 0 Å². The second-order valence-corrected chi connectivity index (χ2v) is 5.71. The normalized spacial score (nSPS) is 22.5. The Hall–Kier alpha value is -0.790. The number of rotatable bonds is 9. The average molecular weight is 324 g/mol. The highest BCUT2D eigenvalue weighted by Crippen LogP contribution is 2.33. The Kier molecular flexibility index (Phi) is 7.15. The van der Waals surface area contributed by atoms with Gasteiger partial charge in [0.1, 0.15) is 6.10 Å². The van der Waals surface area contributed by atoms with Crippen LogP contribution in [0.3, 0.4) is 0 Å². The lowest BCUT2D eigenvalue weighted by atomic mass is 10.1. The van der Waals surface area contributed by atoms with E-state index in [1.807, 2.05) is 6.92 Å². The van der Waals surface area contributed by atoms with E-state index in [1.54, 1.807) is 13.8 Å². The SMILES string of the molecule is CCCCCOC(C1COC(C)(C)O1)C(F)(F)C(=O)OCC. The van der Waals surface area contributed by atoms with E-state index in [2.05, 4.69) is 4.74 Å². The molecule has 1 heterocycles. The van der Waals surface area contributed by atoms with Gasteiger partial charge in [0, 0.05) is 6.61 Å². The van der Waals surface area contributed by atoms with E-state index < -0.39 is 29.9 Å². The molecule has 7 heteroatoms. The minimum absolute atomic E-state index is 0.0551. The highest BCUT2D eigenvalue weighted by atomic mass is 19.3. The summed E-state index contributed by atoms with van der Waals surface area (Å²) in [5, 5.41) is 0. The summed E-state index contributed by atoms with van der Waals surface area (Å²) in [6.07, 6.45) is -0.284. The van der Waals surface area contributed by atoms with E-state index in [0.29, 0.717) is 6.42 Å². The van der Waals surface area contributed by atoms with E-state index in [9.17, 15) is 13.6 Å². The van der Waals surface area contributed by atoms with Crippen LogP contribution in [0.5, 0.6) is 0 Å². The number of alkyl halides is 2. The minimum Gasteiger partial charge on any atom is -0.461 e. The standard InChI is InChI=1S/C15H26F2O5/c1-5-7-8-9-20-12(11-10-21-14(3,4)22-11)15(16,17)13(18)19-6-2/h11-12H,5-10H2,1-4H3. The maximum atomic E-state index is 14.3. The first-order valence-electron chi connectivity index (χ1n) is 7.73. The molecule has 22 heavy (non-hydrogen) atoms. The number of unbranched alkanes of at least 4 members (excludes halogenated alkanes) is 2. The molecule has 130 valence electrons. The first kappa shape index (κ1) is 19.3. The van der Waals surface area contributed by atoms with Crippen LogP contribution in [0.1, 0.15) is 47.0 Å². The number of hydrogen-bond donors (Lipinski definition) is 0. The van der Waals surface area contributed by atoms with Crippen molar-refractivity contribution in [3.63, 3.8) is 0 Å². The third kappa shape index (κ3) is 5.14. The van der Waals surface area contributed by atoms with Crippen LogP contribution in [0.2, 0.25) is 0 Å². The predicted molar refractivity (Wildman–Crippen MR) is 75.7 cm³/mol. The van der Waals surface area contributed by atoms with E-state index in [-0.39, 0.29) is 19.8 Å². The molecule has 1 fully saturated rings. The second-order valence-electron chi connectivity index (χ2n) is 5.71. The van der Waals surface area contributed by atoms with Gasteiger partial charge < -0.3 is 18.9 Å². The molecule has 0 N–H and O–H groups in total. The molecule has 0 aromatic rings. The van der Waals surface area contributed by atoms with Gasteiger partial charge in [-0.1, -0.05) is 19.8 Å². The molecule has 0 amide bonds. The highest BCUT2D eigenvalue weighted by molar-refractivity contribution is 5.78. The van der Waals surface area contributed by atoms with Crippen LogP contribution in [0.4, 0.5) is 8.78 Å². The van der Waals surface area contributed by atoms with Crippen molar-refractivity contribution in [3.05, 3.63) is 0 Å². The summed E-state index contributed by atoms with van der Waals surface area (Å²) in [4.78, 5) is 11.6. The molecule has 1 aliphatic heterocycles. The Morgan fingerprint density at radius 1 is 1.36 bits per heavy atom. The summed E-state index contributed by atoms with van der Waals surface area (Å²) in [5.41, 5.74) is 0. The van der Waals surface area contributed by atoms with Crippen molar-refractivity contribution in [2.45, 2.75) is 70.9 Å². The third-order valence-electron chi connectivity index (χ3n) is 3.32. The van der Waals surface area contributed by atoms with Crippen molar-refractivity contribution >= 4 is 5.97 Å². The Labute approximate surface area is 130 Å². The van der Waals surface area contributed by atoms with Gasteiger partial charge in [-0.05, 0) is 27.2 Å². The summed E-state index contributed by atoms with van der Waals surface area (Å²) in [5.74, 6) is -6.35. The van der Waals surface area contributed by atoms with Crippen LogP contribution in [-0.4, -0.2) is 49.7 Å². The summed E-state index contributed by atoms with van der Waals surface area (Å²) in [6.45, 7) is 6.69. The van der Waals surface area contributed by atoms with Crippen molar-refractivity contribution in [2.75, 3.05) is 19.8 Å². The summed E-state index contributed by atoms with van der Waals surface area (Å²) >= 11 is 0. The lowest BCUT2D eigenvalue weighted by molar-refractivity contribution is -0.220. The number of halogens is 2. The lowest BCUT2D eigenvalue weighted by Gasteiger charge is -2.29. The maximum Gasteiger partial charge on any atom is 0.379 e. The fourth-order valence-electron chi connectivity index (χ4n) is 2.22. The zero-order valence-corrected chi connectivity index (χ0v) is 13.7. The third-order valence-corrected chi connectivity index (χ3v) is 3.32. The Balaban J connectivity index is 2.79. The number of esters is 1.